The number of hydrogen-bond acceptors (Lipinski definition) is 1. The predicted octanol–water partition coefficient (Wildman–Crippen LogP) is 5.80. The van der Waals surface area contributed by atoms with Gasteiger partial charge in [-0.25, -0.2) is 4.39 Å². The standard InChI is InChI=1S/C15H14BrClFN/c1-2-14(10-3-5-11(16)6-4-10)19-15-8-7-12(18)9-13(15)17/h3-9,14,19H,2H2,1H3. The molecule has 0 aliphatic carbocycles. The lowest BCUT2D eigenvalue weighted by molar-refractivity contribution is 0.628. The second-order valence-corrected chi connectivity index (χ2v) is 5.60. The molecule has 0 fully saturated rings. The van der Waals surface area contributed by atoms with E-state index in [9.17, 15) is 4.39 Å². The van der Waals surface area contributed by atoms with Crippen molar-refractivity contribution in [2.24, 2.45) is 0 Å². The average molecular weight is 343 g/mol. The summed E-state index contributed by atoms with van der Waals surface area (Å²) >= 11 is 9.45. The highest BCUT2D eigenvalue weighted by molar-refractivity contribution is 9.10. The molecule has 0 aliphatic heterocycles. The van der Waals surface area contributed by atoms with Crippen molar-refractivity contribution in [1.29, 1.82) is 0 Å². The third-order valence-electron chi connectivity index (χ3n) is 2.94. The summed E-state index contributed by atoms with van der Waals surface area (Å²) in [4.78, 5) is 0. The summed E-state index contributed by atoms with van der Waals surface area (Å²) in [5.74, 6) is -0.327. The van der Waals surface area contributed by atoms with E-state index in [-0.39, 0.29) is 11.9 Å². The second-order valence-electron chi connectivity index (χ2n) is 4.28. The highest BCUT2D eigenvalue weighted by atomic mass is 79.9. The summed E-state index contributed by atoms with van der Waals surface area (Å²) in [7, 11) is 0. The van der Waals surface area contributed by atoms with Gasteiger partial charge in [-0.15, -0.1) is 0 Å². The van der Waals surface area contributed by atoms with Crippen LogP contribution in [0.3, 0.4) is 0 Å². The number of anilines is 1. The first-order valence-corrected chi connectivity index (χ1v) is 7.24. The summed E-state index contributed by atoms with van der Waals surface area (Å²) in [6, 6.07) is 12.7. The monoisotopic (exact) mass is 341 g/mol. The van der Waals surface area contributed by atoms with Crippen molar-refractivity contribution >= 4 is 33.2 Å². The summed E-state index contributed by atoms with van der Waals surface area (Å²) in [6.45, 7) is 2.09. The number of halogens is 3. The van der Waals surface area contributed by atoms with Crippen LogP contribution in [0.2, 0.25) is 5.02 Å². The van der Waals surface area contributed by atoms with Crippen molar-refractivity contribution in [2.75, 3.05) is 5.32 Å². The van der Waals surface area contributed by atoms with E-state index in [1.165, 1.54) is 17.7 Å². The van der Waals surface area contributed by atoms with Crippen molar-refractivity contribution in [3.8, 4) is 0 Å². The van der Waals surface area contributed by atoms with Gasteiger partial charge in [-0.2, -0.15) is 0 Å². The Morgan fingerprint density at radius 1 is 1.21 bits per heavy atom. The van der Waals surface area contributed by atoms with E-state index < -0.39 is 0 Å². The molecule has 1 unspecified atom stereocenters. The molecule has 4 heteroatoms. The topological polar surface area (TPSA) is 12.0 Å². The van der Waals surface area contributed by atoms with Gasteiger partial charge in [0.2, 0.25) is 0 Å². The van der Waals surface area contributed by atoms with Gasteiger partial charge >= 0.3 is 0 Å². The van der Waals surface area contributed by atoms with Crippen molar-refractivity contribution in [1.82, 2.24) is 0 Å². The van der Waals surface area contributed by atoms with E-state index in [0.717, 1.165) is 16.6 Å². The van der Waals surface area contributed by atoms with Crippen LogP contribution in [0.4, 0.5) is 10.1 Å². The second kappa shape index (κ2) is 6.40. The zero-order chi connectivity index (χ0) is 13.8. The fourth-order valence-corrected chi connectivity index (χ4v) is 2.40. The van der Waals surface area contributed by atoms with Gasteiger partial charge < -0.3 is 5.32 Å². The Balaban J connectivity index is 2.21. The van der Waals surface area contributed by atoms with Gasteiger partial charge in [-0.1, -0.05) is 46.6 Å². The van der Waals surface area contributed by atoms with Gasteiger partial charge in [0.05, 0.1) is 16.8 Å². The van der Waals surface area contributed by atoms with Crippen LogP contribution < -0.4 is 5.32 Å². The summed E-state index contributed by atoms with van der Waals surface area (Å²) < 4.78 is 14.1. The molecule has 2 rings (SSSR count). The van der Waals surface area contributed by atoms with Crippen molar-refractivity contribution in [3.05, 3.63) is 63.3 Å². The first-order valence-electron chi connectivity index (χ1n) is 6.07. The molecule has 0 spiro atoms. The number of nitrogens with one attached hydrogen (secondary N) is 1. The Hall–Kier alpha value is -1.06. The number of benzene rings is 2. The highest BCUT2D eigenvalue weighted by Gasteiger charge is 2.11. The average Bonchev–Trinajstić information content (AvgIpc) is 2.39. The van der Waals surface area contributed by atoms with Crippen molar-refractivity contribution in [3.63, 3.8) is 0 Å². The molecule has 0 bridgehead atoms. The van der Waals surface area contributed by atoms with Gasteiger partial charge in [-0.3, -0.25) is 0 Å². The zero-order valence-electron chi connectivity index (χ0n) is 10.5. The molecule has 0 heterocycles. The lowest BCUT2D eigenvalue weighted by Crippen LogP contribution is -2.10. The summed E-state index contributed by atoms with van der Waals surface area (Å²) in [5, 5.41) is 3.74. The minimum Gasteiger partial charge on any atom is -0.377 e. The maximum atomic E-state index is 13.0. The maximum absolute atomic E-state index is 13.0. The quantitative estimate of drug-likeness (QED) is 0.740. The van der Waals surface area contributed by atoms with Gasteiger partial charge in [0, 0.05) is 4.47 Å². The fourth-order valence-electron chi connectivity index (χ4n) is 1.91. The molecule has 1 nitrogen and oxygen atoms in total. The Morgan fingerprint density at radius 3 is 2.47 bits per heavy atom. The van der Waals surface area contributed by atoms with E-state index in [4.69, 9.17) is 11.6 Å². The van der Waals surface area contributed by atoms with Crippen LogP contribution in [-0.4, -0.2) is 0 Å². The SMILES string of the molecule is CCC(Nc1ccc(F)cc1Cl)c1ccc(Br)cc1. The van der Waals surface area contributed by atoms with Crippen molar-refractivity contribution in [2.45, 2.75) is 19.4 Å². The molecule has 100 valence electrons. The summed E-state index contributed by atoms with van der Waals surface area (Å²) in [5.41, 5.74) is 1.92. The predicted molar refractivity (Wildman–Crippen MR) is 82.2 cm³/mol. The molecule has 0 saturated carbocycles. The largest absolute Gasteiger partial charge is 0.377 e. The van der Waals surface area contributed by atoms with Crippen LogP contribution in [-0.2, 0) is 0 Å². The van der Waals surface area contributed by atoms with E-state index in [0.29, 0.717) is 5.02 Å². The zero-order valence-corrected chi connectivity index (χ0v) is 12.8. The molecule has 0 radical (unpaired) electrons. The van der Waals surface area contributed by atoms with Gasteiger partial charge in [0.15, 0.2) is 0 Å². The van der Waals surface area contributed by atoms with Gasteiger partial charge in [0.1, 0.15) is 5.82 Å². The Bertz CT molecular complexity index is 557. The lowest BCUT2D eigenvalue weighted by Gasteiger charge is -2.19. The minimum absolute atomic E-state index is 0.149. The summed E-state index contributed by atoms with van der Waals surface area (Å²) in [6.07, 6.45) is 0.912. The third-order valence-corrected chi connectivity index (χ3v) is 3.78. The number of rotatable bonds is 4. The first-order chi connectivity index (χ1) is 9.10. The molecular weight excluding hydrogens is 329 g/mol. The van der Waals surface area contributed by atoms with Gasteiger partial charge in [0.25, 0.3) is 0 Å². The van der Waals surface area contributed by atoms with E-state index >= 15 is 0 Å². The normalized spacial score (nSPS) is 12.2. The minimum atomic E-state index is -0.327. The molecule has 0 aromatic heterocycles. The molecule has 0 aliphatic rings. The van der Waals surface area contributed by atoms with E-state index in [1.54, 1.807) is 6.07 Å². The van der Waals surface area contributed by atoms with Crippen LogP contribution in [0, 0.1) is 5.82 Å². The molecule has 2 aromatic rings. The van der Waals surface area contributed by atoms with E-state index in [2.05, 4.69) is 40.3 Å². The molecule has 0 amide bonds. The molecule has 1 N–H and O–H groups in total. The van der Waals surface area contributed by atoms with Crippen LogP contribution in [0.15, 0.2) is 46.9 Å². The lowest BCUT2D eigenvalue weighted by atomic mass is 10.0. The van der Waals surface area contributed by atoms with Crippen molar-refractivity contribution < 1.29 is 4.39 Å². The fraction of sp³-hybridized carbons (Fsp3) is 0.200. The van der Waals surface area contributed by atoms with Crippen LogP contribution in [0.1, 0.15) is 24.9 Å². The van der Waals surface area contributed by atoms with Crippen LogP contribution in [0.5, 0.6) is 0 Å². The number of hydrogen-bond donors (Lipinski definition) is 1. The van der Waals surface area contributed by atoms with Gasteiger partial charge in [-0.05, 0) is 42.3 Å². The molecule has 19 heavy (non-hydrogen) atoms. The molecule has 1 atom stereocenters. The van der Waals surface area contributed by atoms with Crippen LogP contribution >= 0.6 is 27.5 Å². The Morgan fingerprint density at radius 2 is 1.89 bits per heavy atom. The Labute approximate surface area is 125 Å². The third kappa shape index (κ3) is 3.71. The first kappa shape index (κ1) is 14.4. The molecule has 2 aromatic carbocycles. The Kier molecular flexibility index (Phi) is 4.83. The molecular formula is C15H14BrClFN. The highest BCUT2D eigenvalue weighted by Crippen LogP contribution is 2.29. The van der Waals surface area contributed by atoms with Crippen LogP contribution in [0.25, 0.3) is 0 Å². The van der Waals surface area contributed by atoms with E-state index in [1.807, 2.05) is 12.1 Å². The molecule has 0 saturated heterocycles. The smallest absolute Gasteiger partial charge is 0.124 e. The maximum Gasteiger partial charge on any atom is 0.124 e.